The summed E-state index contributed by atoms with van der Waals surface area (Å²) in [7, 11) is 0. The van der Waals surface area contributed by atoms with Gasteiger partial charge in [0.05, 0.1) is 6.10 Å². The van der Waals surface area contributed by atoms with Crippen molar-refractivity contribution < 1.29 is 15.0 Å². The number of aliphatic hydroxyl groups excluding tert-OH is 1. The van der Waals surface area contributed by atoms with Gasteiger partial charge in [-0.25, -0.2) is 0 Å². The summed E-state index contributed by atoms with van der Waals surface area (Å²) < 4.78 is 0. The van der Waals surface area contributed by atoms with Crippen molar-refractivity contribution in [3.8, 4) is 0 Å². The highest BCUT2D eigenvalue weighted by molar-refractivity contribution is 5.66. The molecule has 0 aliphatic carbocycles. The number of carboxylic acids is 1. The van der Waals surface area contributed by atoms with Crippen molar-refractivity contribution in [2.24, 2.45) is 0 Å². The van der Waals surface area contributed by atoms with E-state index in [1.54, 1.807) is 0 Å². The van der Waals surface area contributed by atoms with Crippen LogP contribution in [-0.2, 0) is 4.79 Å². The highest BCUT2D eigenvalue weighted by atomic mass is 16.4. The van der Waals surface area contributed by atoms with Crippen LogP contribution in [0.4, 0.5) is 0 Å². The van der Waals surface area contributed by atoms with Crippen molar-refractivity contribution in [3.05, 3.63) is 35.4 Å². The van der Waals surface area contributed by atoms with Gasteiger partial charge in [-0.3, -0.25) is 4.79 Å². The van der Waals surface area contributed by atoms with Gasteiger partial charge in [0.1, 0.15) is 0 Å². The molecule has 0 heterocycles. The van der Waals surface area contributed by atoms with Crippen LogP contribution in [0.1, 0.15) is 49.8 Å². The molecule has 0 aliphatic rings. The standard InChI is InChI=1S/C15H23NO3/c1-11(2)12-5-7-13(8-6-12)14(17)10-16-9-3-4-15(18)19/h5-8,11,14,16-17H,3-4,9-10H2,1-2H3,(H,18,19). The van der Waals surface area contributed by atoms with Crippen LogP contribution in [0, 0.1) is 0 Å². The van der Waals surface area contributed by atoms with Crippen molar-refractivity contribution in [3.63, 3.8) is 0 Å². The zero-order valence-corrected chi connectivity index (χ0v) is 11.6. The molecule has 0 amide bonds. The first-order valence-corrected chi connectivity index (χ1v) is 6.71. The maximum atomic E-state index is 10.3. The average Bonchev–Trinajstić information content (AvgIpc) is 2.37. The number of aliphatic hydroxyl groups is 1. The molecule has 1 aromatic carbocycles. The van der Waals surface area contributed by atoms with Gasteiger partial charge in [-0.1, -0.05) is 38.1 Å². The Hall–Kier alpha value is -1.39. The minimum absolute atomic E-state index is 0.159. The van der Waals surface area contributed by atoms with E-state index in [2.05, 4.69) is 19.2 Å². The fourth-order valence-corrected chi connectivity index (χ4v) is 1.82. The van der Waals surface area contributed by atoms with Gasteiger partial charge in [0.15, 0.2) is 0 Å². The van der Waals surface area contributed by atoms with Gasteiger partial charge in [0.25, 0.3) is 0 Å². The molecule has 3 N–H and O–H groups in total. The summed E-state index contributed by atoms with van der Waals surface area (Å²) in [6.45, 7) is 5.32. The molecular formula is C15H23NO3. The first-order valence-electron chi connectivity index (χ1n) is 6.71. The molecule has 4 heteroatoms. The molecule has 4 nitrogen and oxygen atoms in total. The number of hydrogen-bond donors (Lipinski definition) is 3. The predicted octanol–water partition coefficient (Wildman–Crippen LogP) is 2.30. The van der Waals surface area contributed by atoms with Crippen LogP contribution in [0.2, 0.25) is 0 Å². The molecule has 0 bridgehead atoms. The molecule has 0 radical (unpaired) electrons. The number of aliphatic carboxylic acids is 1. The van der Waals surface area contributed by atoms with E-state index >= 15 is 0 Å². The normalized spacial score (nSPS) is 12.6. The summed E-state index contributed by atoms with van der Waals surface area (Å²) in [4.78, 5) is 10.3. The Balaban J connectivity index is 2.32. The lowest BCUT2D eigenvalue weighted by Gasteiger charge is -2.13. The van der Waals surface area contributed by atoms with Crippen molar-refractivity contribution in [2.75, 3.05) is 13.1 Å². The zero-order chi connectivity index (χ0) is 14.3. The van der Waals surface area contributed by atoms with Gasteiger partial charge < -0.3 is 15.5 Å². The summed E-state index contributed by atoms with van der Waals surface area (Å²) in [5.41, 5.74) is 2.14. The Morgan fingerprint density at radius 2 is 1.79 bits per heavy atom. The monoisotopic (exact) mass is 265 g/mol. The van der Waals surface area contributed by atoms with Crippen LogP contribution in [0.25, 0.3) is 0 Å². The summed E-state index contributed by atoms with van der Waals surface area (Å²) >= 11 is 0. The number of carbonyl (C=O) groups is 1. The van der Waals surface area contributed by atoms with Gasteiger partial charge in [-0.15, -0.1) is 0 Å². The Bertz CT molecular complexity index is 387. The number of carboxylic acid groups (broad SMARTS) is 1. The summed E-state index contributed by atoms with van der Waals surface area (Å²) in [5, 5.41) is 21.5. The molecule has 1 unspecified atom stereocenters. The number of benzene rings is 1. The molecule has 19 heavy (non-hydrogen) atoms. The predicted molar refractivity (Wildman–Crippen MR) is 75.2 cm³/mol. The van der Waals surface area contributed by atoms with E-state index in [-0.39, 0.29) is 6.42 Å². The third-order valence-electron chi connectivity index (χ3n) is 3.07. The van der Waals surface area contributed by atoms with Gasteiger partial charge in [-0.2, -0.15) is 0 Å². The minimum atomic E-state index is -0.786. The van der Waals surface area contributed by atoms with Crippen LogP contribution in [-0.4, -0.2) is 29.3 Å². The third-order valence-corrected chi connectivity index (χ3v) is 3.07. The topological polar surface area (TPSA) is 69.6 Å². The van der Waals surface area contributed by atoms with Crippen LogP contribution in [0.5, 0.6) is 0 Å². The molecule has 106 valence electrons. The summed E-state index contributed by atoms with van der Waals surface area (Å²) in [5.74, 6) is -0.299. The molecule has 0 saturated heterocycles. The average molecular weight is 265 g/mol. The van der Waals surface area contributed by atoms with Crippen LogP contribution < -0.4 is 5.32 Å². The van der Waals surface area contributed by atoms with Gasteiger partial charge in [0.2, 0.25) is 0 Å². The Morgan fingerprint density at radius 1 is 1.21 bits per heavy atom. The molecule has 1 rings (SSSR count). The van der Waals surface area contributed by atoms with Gasteiger partial charge in [0, 0.05) is 13.0 Å². The fraction of sp³-hybridized carbons (Fsp3) is 0.533. The second-order valence-corrected chi connectivity index (χ2v) is 5.04. The molecule has 1 aromatic rings. The van der Waals surface area contributed by atoms with Crippen molar-refractivity contribution in [2.45, 2.75) is 38.7 Å². The number of hydrogen-bond acceptors (Lipinski definition) is 3. The second kappa shape index (κ2) is 7.92. The van der Waals surface area contributed by atoms with Crippen LogP contribution >= 0.6 is 0 Å². The van der Waals surface area contributed by atoms with E-state index in [4.69, 9.17) is 5.11 Å². The first kappa shape index (κ1) is 15.7. The summed E-state index contributed by atoms with van der Waals surface area (Å²) in [6, 6.07) is 7.96. The molecule has 0 spiro atoms. The van der Waals surface area contributed by atoms with Gasteiger partial charge >= 0.3 is 5.97 Å². The summed E-state index contributed by atoms with van der Waals surface area (Å²) in [6.07, 6.45) is 0.187. The quantitative estimate of drug-likeness (QED) is 0.631. The van der Waals surface area contributed by atoms with Crippen LogP contribution in [0.15, 0.2) is 24.3 Å². The third kappa shape index (κ3) is 5.85. The smallest absolute Gasteiger partial charge is 0.303 e. The van der Waals surface area contributed by atoms with Crippen molar-refractivity contribution in [1.29, 1.82) is 0 Å². The molecule has 0 aromatic heterocycles. The molecule has 0 aliphatic heterocycles. The van der Waals surface area contributed by atoms with Crippen LogP contribution in [0.3, 0.4) is 0 Å². The maximum Gasteiger partial charge on any atom is 0.303 e. The van der Waals surface area contributed by atoms with E-state index in [0.717, 1.165) is 5.56 Å². The van der Waals surface area contributed by atoms with Crippen molar-refractivity contribution in [1.82, 2.24) is 5.32 Å². The number of rotatable bonds is 8. The SMILES string of the molecule is CC(C)c1ccc(C(O)CNCCCC(=O)O)cc1. The Labute approximate surface area is 114 Å². The minimum Gasteiger partial charge on any atom is -0.481 e. The van der Waals surface area contributed by atoms with Gasteiger partial charge in [-0.05, 0) is 30.0 Å². The molecular weight excluding hydrogens is 242 g/mol. The highest BCUT2D eigenvalue weighted by Gasteiger charge is 2.07. The second-order valence-electron chi connectivity index (χ2n) is 5.04. The maximum absolute atomic E-state index is 10.3. The van der Waals surface area contributed by atoms with E-state index in [9.17, 15) is 9.90 Å². The lowest BCUT2D eigenvalue weighted by Crippen LogP contribution is -2.23. The van der Waals surface area contributed by atoms with Crippen molar-refractivity contribution >= 4 is 5.97 Å². The molecule has 0 fully saturated rings. The molecule has 0 saturated carbocycles. The zero-order valence-electron chi connectivity index (χ0n) is 11.6. The Morgan fingerprint density at radius 3 is 2.32 bits per heavy atom. The van der Waals surface area contributed by atoms with E-state index in [1.807, 2.05) is 24.3 Å². The fourth-order valence-electron chi connectivity index (χ4n) is 1.82. The van der Waals surface area contributed by atoms with E-state index in [1.165, 1.54) is 5.56 Å². The molecule has 1 atom stereocenters. The van der Waals surface area contributed by atoms with E-state index < -0.39 is 12.1 Å². The van der Waals surface area contributed by atoms with E-state index in [0.29, 0.717) is 25.4 Å². The lowest BCUT2D eigenvalue weighted by atomic mass is 10.00. The largest absolute Gasteiger partial charge is 0.481 e. The Kier molecular flexibility index (Phi) is 6.53. The highest BCUT2D eigenvalue weighted by Crippen LogP contribution is 2.18. The first-order chi connectivity index (χ1) is 9.00. The number of nitrogens with one attached hydrogen (secondary N) is 1. The lowest BCUT2D eigenvalue weighted by molar-refractivity contribution is -0.137.